The fourth-order valence-corrected chi connectivity index (χ4v) is 5.62. The molecule has 4 nitrogen and oxygen atoms in total. The molecule has 0 radical (unpaired) electrons. The van der Waals surface area contributed by atoms with Gasteiger partial charge in [0.25, 0.3) is 0 Å². The number of aryl methyl sites for hydroxylation is 1. The van der Waals surface area contributed by atoms with Crippen LogP contribution in [-0.4, -0.2) is 30.7 Å². The van der Waals surface area contributed by atoms with E-state index in [1.165, 1.54) is 11.1 Å². The summed E-state index contributed by atoms with van der Waals surface area (Å²) >= 11 is 0. The first-order valence-corrected chi connectivity index (χ1v) is 13.3. The summed E-state index contributed by atoms with van der Waals surface area (Å²) in [5.41, 5.74) is 4.79. The van der Waals surface area contributed by atoms with Gasteiger partial charge in [-0.3, -0.25) is 4.90 Å². The number of benzene rings is 2. The summed E-state index contributed by atoms with van der Waals surface area (Å²) in [7, 11) is 1.67. The Balaban J connectivity index is 1.71. The Kier molecular flexibility index (Phi) is 7.61. The second-order valence-electron chi connectivity index (χ2n) is 11.8. The number of nitrogens with zero attached hydrogens (tertiary/aromatic N) is 1. The van der Waals surface area contributed by atoms with E-state index in [4.69, 9.17) is 9.47 Å². The van der Waals surface area contributed by atoms with Gasteiger partial charge in [-0.05, 0) is 91.0 Å². The van der Waals surface area contributed by atoms with Crippen LogP contribution in [0.15, 0.2) is 42.0 Å². The second-order valence-corrected chi connectivity index (χ2v) is 11.8. The van der Waals surface area contributed by atoms with E-state index in [1.54, 1.807) is 25.0 Å². The van der Waals surface area contributed by atoms with Crippen molar-refractivity contribution in [1.82, 2.24) is 4.90 Å². The maximum atomic E-state index is 13.5. The van der Waals surface area contributed by atoms with Gasteiger partial charge in [-0.25, -0.2) is 4.79 Å². The molecule has 0 unspecified atom stereocenters. The van der Waals surface area contributed by atoms with Gasteiger partial charge in [0, 0.05) is 12.1 Å². The van der Waals surface area contributed by atoms with E-state index >= 15 is 0 Å². The van der Waals surface area contributed by atoms with Crippen molar-refractivity contribution in [3.63, 3.8) is 0 Å². The van der Waals surface area contributed by atoms with Crippen LogP contribution in [0.2, 0.25) is 0 Å². The average molecular weight is 530 g/mol. The molecule has 1 aliphatic heterocycles. The number of cyclic esters (lactones) is 1. The van der Waals surface area contributed by atoms with Gasteiger partial charge in [0.1, 0.15) is 11.9 Å². The Labute approximate surface area is 223 Å². The van der Waals surface area contributed by atoms with Crippen molar-refractivity contribution >= 4 is 11.7 Å². The molecule has 2 atom stereocenters. The van der Waals surface area contributed by atoms with E-state index in [2.05, 4.69) is 39.8 Å². The maximum Gasteiger partial charge on any atom is 0.416 e. The summed E-state index contributed by atoms with van der Waals surface area (Å²) in [5.74, 6) is 1.15. The zero-order chi connectivity index (χ0) is 28.0. The highest BCUT2D eigenvalue weighted by atomic mass is 19.4. The van der Waals surface area contributed by atoms with Gasteiger partial charge >= 0.3 is 12.3 Å². The van der Waals surface area contributed by atoms with Gasteiger partial charge < -0.3 is 9.47 Å². The third-order valence-electron chi connectivity index (χ3n) is 7.91. The Hall–Kier alpha value is -2.96. The molecule has 1 amide bonds. The van der Waals surface area contributed by atoms with Crippen molar-refractivity contribution in [3.05, 3.63) is 69.8 Å². The molecule has 7 heteroatoms. The number of allylic oxidation sites excluding steroid dienone is 1. The lowest BCUT2D eigenvalue weighted by Crippen LogP contribution is -2.35. The number of hydrogen-bond acceptors (Lipinski definition) is 3. The molecule has 38 heavy (non-hydrogen) atoms. The van der Waals surface area contributed by atoms with Gasteiger partial charge in [-0.2, -0.15) is 13.2 Å². The quantitative estimate of drug-likeness (QED) is 0.376. The molecule has 2 aliphatic rings. The van der Waals surface area contributed by atoms with Crippen molar-refractivity contribution in [2.45, 2.75) is 85.0 Å². The predicted octanol–water partition coefficient (Wildman–Crippen LogP) is 8.69. The number of carbonyl (C=O) groups is 1. The van der Waals surface area contributed by atoms with Crippen LogP contribution < -0.4 is 4.74 Å². The van der Waals surface area contributed by atoms with Gasteiger partial charge in [0.2, 0.25) is 0 Å². The third-order valence-corrected chi connectivity index (χ3v) is 7.91. The molecule has 2 aromatic carbocycles. The number of hydrogen-bond donors (Lipinski definition) is 0. The summed E-state index contributed by atoms with van der Waals surface area (Å²) in [6.45, 7) is 12.7. The molecule has 0 N–H and O–H groups in total. The molecule has 0 saturated carbocycles. The lowest BCUT2D eigenvalue weighted by atomic mass is 9.72. The zero-order valence-electron chi connectivity index (χ0n) is 23.3. The molecule has 1 aliphatic carbocycles. The minimum atomic E-state index is -4.47. The topological polar surface area (TPSA) is 38.8 Å². The van der Waals surface area contributed by atoms with Crippen LogP contribution >= 0.6 is 0 Å². The van der Waals surface area contributed by atoms with Crippen molar-refractivity contribution in [2.75, 3.05) is 13.7 Å². The van der Waals surface area contributed by atoms with E-state index in [-0.39, 0.29) is 5.41 Å². The molecule has 0 bridgehead atoms. The highest BCUT2D eigenvalue weighted by molar-refractivity contribution is 5.77. The standard InChI is InChI=1S/C31H38F3NO3/c1-18(2)21-8-9-27(37-7)25(15-21)26-16-30(5,6)11-10-22(26)17-35-20(4)28(38-29(35)36)23-12-19(3)13-24(14-23)31(32,33)34/h8-9,12-15,18,20,28H,10-11,16-17H2,1-7H3/t20-,28-/m0/s1. The molecule has 2 aromatic rings. The third kappa shape index (κ3) is 5.71. The van der Waals surface area contributed by atoms with Gasteiger partial charge in [0.15, 0.2) is 0 Å². The van der Waals surface area contributed by atoms with Crippen molar-refractivity contribution in [2.24, 2.45) is 5.41 Å². The van der Waals surface area contributed by atoms with Crippen molar-refractivity contribution in [1.29, 1.82) is 0 Å². The number of alkyl halides is 3. The number of amides is 1. The molecule has 0 aromatic heterocycles. The summed E-state index contributed by atoms with van der Waals surface area (Å²) in [6.07, 6.45) is -3.10. The number of halogens is 3. The first-order chi connectivity index (χ1) is 17.7. The lowest BCUT2D eigenvalue weighted by molar-refractivity contribution is -0.137. The SMILES string of the molecule is COc1ccc(C(C)C)cc1C1=C(CN2C(=O)O[C@H](c3cc(C)cc(C(F)(F)F)c3)[C@@H]2C)CCC(C)(C)C1. The molecular weight excluding hydrogens is 491 g/mol. The largest absolute Gasteiger partial charge is 0.496 e. The lowest BCUT2D eigenvalue weighted by Gasteiger charge is -2.35. The summed E-state index contributed by atoms with van der Waals surface area (Å²) in [5, 5.41) is 0. The van der Waals surface area contributed by atoms with E-state index in [9.17, 15) is 18.0 Å². The first kappa shape index (κ1) is 28.1. The Bertz CT molecular complexity index is 1250. The van der Waals surface area contributed by atoms with E-state index in [0.29, 0.717) is 23.6 Å². The molecule has 1 fully saturated rings. The van der Waals surface area contributed by atoms with Crippen LogP contribution in [0.3, 0.4) is 0 Å². The summed E-state index contributed by atoms with van der Waals surface area (Å²) in [6, 6.07) is 9.75. The van der Waals surface area contributed by atoms with Crippen LogP contribution in [0.1, 0.15) is 93.7 Å². The smallest absolute Gasteiger partial charge is 0.416 e. The van der Waals surface area contributed by atoms with E-state index < -0.39 is 30.0 Å². The van der Waals surface area contributed by atoms with E-state index in [1.807, 2.05) is 13.0 Å². The van der Waals surface area contributed by atoms with Gasteiger partial charge in [-0.15, -0.1) is 0 Å². The number of ether oxygens (including phenoxy) is 2. The first-order valence-electron chi connectivity index (χ1n) is 13.3. The molecule has 4 rings (SSSR count). The summed E-state index contributed by atoms with van der Waals surface area (Å²) < 4.78 is 51.8. The Morgan fingerprint density at radius 3 is 2.50 bits per heavy atom. The Morgan fingerprint density at radius 2 is 1.87 bits per heavy atom. The average Bonchev–Trinajstić information content (AvgIpc) is 3.11. The van der Waals surface area contributed by atoms with Crippen LogP contribution in [0.25, 0.3) is 5.57 Å². The van der Waals surface area contributed by atoms with Crippen LogP contribution in [0.4, 0.5) is 18.0 Å². The Morgan fingerprint density at radius 1 is 1.16 bits per heavy atom. The molecular formula is C31H38F3NO3. The van der Waals surface area contributed by atoms with Crippen molar-refractivity contribution < 1.29 is 27.4 Å². The minimum absolute atomic E-state index is 0.0902. The highest BCUT2D eigenvalue weighted by Crippen LogP contribution is 2.47. The van der Waals surface area contributed by atoms with Crippen molar-refractivity contribution in [3.8, 4) is 5.75 Å². The van der Waals surface area contributed by atoms with Crippen LogP contribution in [-0.2, 0) is 10.9 Å². The number of methoxy groups -OCH3 is 1. The van der Waals surface area contributed by atoms with Gasteiger partial charge in [0.05, 0.1) is 18.7 Å². The molecule has 1 saturated heterocycles. The van der Waals surface area contributed by atoms with Crippen LogP contribution in [0, 0.1) is 12.3 Å². The zero-order valence-corrected chi connectivity index (χ0v) is 23.3. The fourth-order valence-electron chi connectivity index (χ4n) is 5.62. The maximum absolute atomic E-state index is 13.5. The molecule has 1 heterocycles. The highest BCUT2D eigenvalue weighted by Gasteiger charge is 2.42. The monoisotopic (exact) mass is 529 g/mol. The number of carbonyl (C=O) groups excluding carboxylic acids is 1. The minimum Gasteiger partial charge on any atom is -0.496 e. The summed E-state index contributed by atoms with van der Waals surface area (Å²) in [4.78, 5) is 14.7. The molecule has 206 valence electrons. The van der Waals surface area contributed by atoms with Crippen LogP contribution in [0.5, 0.6) is 5.75 Å². The van der Waals surface area contributed by atoms with E-state index in [0.717, 1.165) is 48.3 Å². The molecule has 0 spiro atoms. The normalized spacial score (nSPS) is 21.8. The van der Waals surface area contributed by atoms with Gasteiger partial charge in [-0.1, -0.05) is 45.4 Å². The second kappa shape index (κ2) is 10.3. The number of rotatable bonds is 6. The fraction of sp³-hybridized carbons (Fsp3) is 0.516. The predicted molar refractivity (Wildman–Crippen MR) is 143 cm³/mol.